The van der Waals surface area contributed by atoms with Crippen molar-refractivity contribution in [3.8, 4) is 0 Å². The van der Waals surface area contributed by atoms with Gasteiger partial charge in [0.15, 0.2) is 9.84 Å². The molecule has 1 unspecified atom stereocenters. The van der Waals surface area contributed by atoms with E-state index in [4.69, 9.17) is 0 Å². The third-order valence-corrected chi connectivity index (χ3v) is 7.46. The second kappa shape index (κ2) is 9.89. The van der Waals surface area contributed by atoms with Crippen LogP contribution in [0, 0.1) is 0 Å². The first-order valence-electron chi connectivity index (χ1n) is 10.5. The highest BCUT2D eigenvalue weighted by atomic mass is 32.2. The van der Waals surface area contributed by atoms with E-state index >= 15 is 0 Å². The first-order chi connectivity index (χ1) is 14.3. The Labute approximate surface area is 179 Å². The lowest BCUT2D eigenvalue weighted by molar-refractivity contribution is -0.137. The van der Waals surface area contributed by atoms with Gasteiger partial charge in [-0.25, -0.2) is 8.42 Å². The van der Waals surface area contributed by atoms with Gasteiger partial charge in [-0.15, -0.1) is 0 Å². The molecule has 2 amide bonds. The molecule has 2 heterocycles. The fourth-order valence-electron chi connectivity index (χ4n) is 3.98. The number of amides is 2. The van der Waals surface area contributed by atoms with Crippen LogP contribution in [0.4, 0.5) is 0 Å². The van der Waals surface area contributed by atoms with Gasteiger partial charge >= 0.3 is 0 Å². The average molecular weight is 437 g/mol. The zero-order chi connectivity index (χ0) is 21.7. The number of sulfone groups is 1. The summed E-state index contributed by atoms with van der Waals surface area (Å²) in [7, 11) is 0.476. The minimum Gasteiger partial charge on any atom is -0.348 e. The van der Waals surface area contributed by atoms with E-state index in [2.05, 4.69) is 4.90 Å². The van der Waals surface area contributed by atoms with Crippen LogP contribution >= 0.6 is 0 Å². The molecular weight excluding hydrogens is 404 g/mol. The molecule has 2 aliphatic heterocycles. The van der Waals surface area contributed by atoms with E-state index in [1.807, 2.05) is 40.1 Å². The van der Waals surface area contributed by atoms with Crippen LogP contribution in [-0.2, 0) is 19.4 Å². The second-order valence-electron chi connectivity index (χ2n) is 8.24. The Morgan fingerprint density at radius 1 is 0.967 bits per heavy atom. The van der Waals surface area contributed by atoms with Crippen molar-refractivity contribution in [1.82, 2.24) is 19.6 Å². The molecule has 1 aromatic carbocycles. The topological polar surface area (TPSA) is 81.2 Å². The number of hydrogen-bond donors (Lipinski definition) is 0. The van der Waals surface area contributed by atoms with E-state index in [0.29, 0.717) is 39.3 Å². The van der Waals surface area contributed by atoms with Gasteiger partial charge < -0.3 is 9.80 Å². The highest BCUT2D eigenvalue weighted by Gasteiger charge is 2.35. The summed E-state index contributed by atoms with van der Waals surface area (Å²) in [5, 5.41) is 0. The Morgan fingerprint density at radius 3 is 2.27 bits per heavy atom. The van der Waals surface area contributed by atoms with Gasteiger partial charge in [-0.2, -0.15) is 0 Å². The number of carbonyl (C=O) groups is 2. The second-order valence-corrected chi connectivity index (χ2v) is 10.5. The first kappa shape index (κ1) is 22.7. The van der Waals surface area contributed by atoms with Crippen molar-refractivity contribution < 1.29 is 18.0 Å². The molecule has 0 bridgehead atoms. The van der Waals surface area contributed by atoms with Crippen molar-refractivity contribution in [2.45, 2.75) is 12.5 Å². The highest BCUT2D eigenvalue weighted by molar-refractivity contribution is 7.91. The molecule has 0 radical (unpaired) electrons. The standard InChI is InChI=1S/C21H32N4O4S/c1-22(2)19(26)17-23-9-6-10-25(12-11-23)21(27)20(18-7-4-3-5-8-18)24-13-15-30(28,29)16-14-24/h3-5,7-8,20H,6,9-17H2,1-2H3. The van der Waals surface area contributed by atoms with E-state index in [0.717, 1.165) is 18.5 Å². The van der Waals surface area contributed by atoms with Gasteiger partial charge in [0, 0.05) is 53.4 Å². The summed E-state index contributed by atoms with van der Waals surface area (Å²) < 4.78 is 23.8. The molecule has 0 N–H and O–H groups in total. The van der Waals surface area contributed by atoms with Crippen LogP contribution in [0.25, 0.3) is 0 Å². The molecule has 3 rings (SSSR count). The molecule has 8 nitrogen and oxygen atoms in total. The average Bonchev–Trinajstić information content (AvgIpc) is 2.95. The van der Waals surface area contributed by atoms with Gasteiger partial charge in [-0.05, 0) is 12.0 Å². The summed E-state index contributed by atoms with van der Waals surface area (Å²) >= 11 is 0. The Bertz CT molecular complexity index is 830. The van der Waals surface area contributed by atoms with Crippen LogP contribution in [0.2, 0.25) is 0 Å². The minimum atomic E-state index is -3.02. The molecule has 0 aliphatic carbocycles. The fraction of sp³-hybridized carbons (Fsp3) is 0.619. The molecule has 2 saturated heterocycles. The number of hydrogen-bond acceptors (Lipinski definition) is 6. The highest BCUT2D eigenvalue weighted by Crippen LogP contribution is 2.26. The van der Waals surface area contributed by atoms with Gasteiger partial charge in [0.2, 0.25) is 11.8 Å². The molecule has 2 fully saturated rings. The third-order valence-electron chi connectivity index (χ3n) is 5.85. The number of carbonyl (C=O) groups excluding carboxylic acids is 2. The predicted molar refractivity (Wildman–Crippen MR) is 116 cm³/mol. The Hall–Kier alpha value is -1.97. The van der Waals surface area contributed by atoms with Crippen molar-refractivity contribution in [3.05, 3.63) is 35.9 Å². The van der Waals surface area contributed by atoms with Crippen LogP contribution in [0.3, 0.4) is 0 Å². The summed E-state index contributed by atoms with van der Waals surface area (Å²) in [4.78, 5) is 33.2. The maximum absolute atomic E-state index is 13.6. The third kappa shape index (κ3) is 5.80. The van der Waals surface area contributed by atoms with Crippen LogP contribution in [0.5, 0.6) is 0 Å². The molecule has 0 spiro atoms. The van der Waals surface area contributed by atoms with Crippen molar-refractivity contribution in [3.63, 3.8) is 0 Å². The summed E-state index contributed by atoms with van der Waals surface area (Å²) in [5.41, 5.74) is 0.894. The lowest BCUT2D eigenvalue weighted by Gasteiger charge is -2.36. The summed E-state index contributed by atoms with van der Waals surface area (Å²) in [6.07, 6.45) is 0.808. The Kier molecular flexibility index (Phi) is 7.49. The van der Waals surface area contributed by atoms with E-state index in [9.17, 15) is 18.0 Å². The quantitative estimate of drug-likeness (QED) is 0.650. The van der Waals surface area contributed by atoms with Gasteiger partial charge in [0.1, 0.15) is 6.04 Å². The number of rotatable bonds is 5. The lowest BCUT2D eigenvalue weighted by Crippen LogP contribution is -2.49. The smallest absolute Gasteiger partial charge is 0.244 e. The van der Waals surface area contributed by atoms with E-state index in [1.165, 1.54) is 0 Å². The van der Waals surface area contributed by atoms with Gasteiger partial charge in [0.05, 0.1) is 18.1 Å². The van der Waals surface area contributed by atoms with Gasteiger partial charge in [-0.3, -0.25) is 19.4 Å². The van der Waals surface area contributed by atoms with E-state index in [1.54, 1.807) is 19.0 Å². The SMILES string of the molecule is CN(C)C(=O)CN1CCCN(C(=O)C(c2ccccc2)N2CCS(=O)(=O)CC2)CC1. The number of nitrogens with zero attached hydrogens (tertiary/aromatic N) is 4. The largest absolute Gasteiger partial charge is 0.348 e. The molecule has 2 aliphatic rings. The van der Waals surface area contributed by atoms with Crippen molar-refractivity contribution in [1.29, 1.82) is 0 Å². The van der Waals surface area contributed by atoms with Crippen LogP contribution in [0.15, 0.2) is 30.3 Å². The zero-order valence-electron chi connectivity index (χ0n) is 17.9. The molecule has 0 aromatic heterocycles. The maximum atomic E-state index is 13.6. The molecule has 30 heavy (non-hydrogen) atoms. The fourth-order valence-corrected chi connectivity index (χ4v) is 5.21. The lowest BCUT2D eigenvalue weighted by atomic mass is 10.0. The summed E-state index contributed by atoms with van der Waals surface area (Å²) in [6, 6.07) is 9.13. The summed E-state index contributed by atoms with van der Waals surface area (Å²) in [5.74, 6) is 0.251. The number of benzene rings is 1. The Balaban J connectivity index is 1.72. The van der Waals surface area contributed by atoms with Crippen LogP contribution < -0.4 is 0 Å². The maximum Gasteiger partial charge on any atom is 0.244 e. The zero-order valence-corrected chi connectivity index (χ0v) is 18.7. The normalized spacial score (nSPS) is 21.6. The first-order valence-corrected chi connectivity index (χ1v) is 12.3. The van der Waals surface area contributed by atoms with Crippen LogP contribution in [-0.4, -0.2) is 111 Å². The molecule has 166 valence electrons. The van der Waals surface area contributed by atoms with Gasteiger partial charge in [-0.1, -0.05) is 30.3 Å². The monoisotopic (exact) mass is 436 g/mol. The molecule has 0 saturated carbocycles. The molecule has 1 aromatic rings. The van der Waals surface area contributed by atoms with Crippen molar-refractivity contribution >= 4 is 21.7 Å². The minimum absolute atomic E-state index is 0.0151. The molecular formula is C21H32N4O4S. The van der Waals surface area contributed by atoms with Gasteiger partial charge in [0.25, 0.3) is 0 Å². The Morgan fingerprint density at radius 2 is 1.63 bits per heavy atom. The number of likely N-dealkylation sites (N-methyl/N-ethyl adjacent to an activating group) is 1. The summed E-state index contributed by atoms with van der Waals surface area (Å²) in [6.45, 7) is 3.73. The van der Waals surface area contributed by atoms with Crippen LogP contribution in [0.1, 0.15) is 18.0 Å². The van der Waals surface area contributed by atoms with Crippen molar-refractivity contribution in [2.24, 2.45) is 0 Å². The molecule has 1 atom stereocenters. The predicted octanol–water partition coefficient (Wildman–Crippen LogP) is 0.0806. The van der Waals surface area contributed by atoms with E-state index in [-0.39, 0.29) is 23.3 Å². The van der Waals surface area contributed by atoms with Crippen molar-refractivity contribution in [2.75, 3.05) is 71.4 Å². The molecule has 9 heteroatoms. The van der Waals surface area contributed by atoms with E-state index < -0.39 is 15.9 Å².